The number of sulfonamides is 1. The number of ether oxygens (including phenoxy) is 1. The van der Waals surface area contributed by atoms with Crippen LogP contribution >= 0.6 is 0 Å². The van der Waals surface area contributed by atoms with Crippen LogP contribution in [0.4, 0.5) is 0 Å². The second-order valence-electron chi connectivity index (χ2n) is 13.1. The van der Waals surface area contributed by atoms with Gasteiger partial charge in [0.05, 0.1) is 19.3 Å². The first kappa shape index (κ1) is 36.3. The SMILES string of the molecule is CS(=O)(=O)N[C@@H](Cc1ccccc1)C(=O)N1CCC[C@H]1C(=O)NCC1CCN(C(=N)NC(=O)CCC(=O)OCC2CCCCC2)CC1. The highest BCUT2D eigenvalue weighted by Gasteiger charge is 2.38. The number of likely N-dealkylation sites (tertiary alicyclic amines) is 2. The van der Waals surface area contributed by atoms with Gasteiger partial charge >= 0.3 is 5.97 Å². The van der Waals surface area contributed by atoms with E-state index in [0.717, 1.165) is 24.7 Å². The second kappa shape index (κ2) is 17.6. The summed E-state index contributed by atoms with van der Waals surface area (Å²) >= 11 is 0. The van der Waals surface area contributed by atoms with Gasteiger partial charge in [-0.05, 0) is 62.3 Å². The minimum Gasteiger partial charge on any atom is -0.465 e. The molecule has 260 valence electrons. The summed E-state index contributed by atoms with van der Waals surface area (Å²) < 4.78 is 31.9. The maximum atomic E-state index is 13.5. The van der Waals surface area contributed by atoms with Gasteiger partial charge in [-0.1, -0.05) is 49.6 Å². The average Bonchev–Trinajstić information content (AvgIpc) is 3.55. The molecule has 4 N–H and O–H groups in total. The zero-order chi connectivity index (χ0) is 33.8. The number of amides is 3. The number of nitrogens with zero attached hydrogens (tertiary/aromatic N) is 2. The van der Waals surface area contributed by atoms with Crippen molar-refractivity contribution >= 4 is 39.7 Å². The minimum absolute atomic E-state index is 0.000860. The topological polar surface area (TPSA) is 178 Å². The van der Waals surface area contributed by atoms with E-state index in [2.05, 4.69) is 15.4 Å². The molecule has 1 aromatic carbocycles. The third kappa shape index (κ3) is 11.9. The number of hydrogen-bond donors (Lipinski definition) is 4. The number of esters is 1. The van der Waals surface area contributed by atoms with Gasteiger partial charge in [0.15, 0.2) is 5.96 Å². The molecule has 3 amide bonds. The fraction of sp³-hybridized carbons (Fsp3) is 0.667. The van der Waals surface area contributed by atoms with Crippen molar-refractivity contribution in [2.24, 2.45) is 11.8 Å². The molecule has 47 heavy (non-hydrogen) atoms. The van der Waals surface area contributed by atoms with E-state index in [1.54, 1.807) is 4.90 Å². The lowest BCUT2D eigenvalue weighted by atomic mass is 9.90. The van der Waals surface area contributed by atoms with Gasteiger partial charge in [0, 0.05) is 32.6 Å². The van der Waals surface area contributed by atoms with Crippen molar-refractivity contribution in [3.05, 3.63) is 35.9 Å². The summed E-state index contributed by atoms with van der Waals surface area (Å²) in [6.07, 6.45) is 9.45. The zero-order valence-corrected chi connectivity index (χ0v) is 28.2. The standard InChI is InChI=1S/C33H50N6O7S/c1-47(44,45)37-27(21-24-9-4-2-5-10-24)32(43)39-18-8-13-28(39)31(42)35-22-25-16-19-38(20-17-25)33(34)36-29(40)14-15-30(41)46-23-26-11-6-3-7-12-26/h2,4-5,9-10,25-28,37H,3,6-8,11-23H2,1H3,(H,35,42)(H2,34,36,40)/t27-,28-/m0/s1. The number of nitrogens with one attached hydrogen (secondary N) is 4. The zero-order valence-electron chi connectivity index (χ0n) is 27.4. The van der Waals surface area contributed by atoms with Crippen molar-refractivity contribution in [2.45, 2.75) is 89.1 Å². The summed E-state index contributed by atoms with van der Waals surface area (Å²) in [5.74, 6) is -0.866. The number of carbonyl (C=O) groups excluding carboxylic acids is 4. The Morgan fingerprint density at radius 2 is 1.62 bits per heavy atom. The van der Waals surface area contributed by atoms with E-state index in [1.165, 1.54) is 24.2 Å². The molecule has 1 aromatic rings. The number of guanidine groups is 1. The monoisotopic (exact) mass is 674 g/mol. The smallest absolute Gasteiger partial charge is 0.306 e. The quantitative estimate of drug-likeness (QED) is 0.139. The van der Waals surface area contributed by atoms with Crippen LogP contribution in [-0.4, -0.2) is 99.0 Å². The average molecular weight is 675 g/mol. The predicted molar refractivity (Wildman–Crippen MR) is 177 cm³/mol. The Morgan fingerprint density at radius 3 is 2.30 bits per heavy atom. The molecule has 13 nitrogen and oxygen atoms in total. The normalized spacial score (nSPS) is 20.0. The van der Waals surface area contributed by atoms with Crippen molar-refractivity contribution in [3.8, 4) is 0 Å². The van der Waals surface area contributed by atoms with Crippen LogP contribution in [0.3, 0.4) is 0 Å². The number of carbonyl (C=O) groups is 4. The highest BCUT2D eigenvalue weighted by atomic mass is 32.2. The molecular weight excluding hydrogens is 624 g/mol. The van der Waals surface area contributed by atoms with Crippen LogP contribution in [0.5, 0.6) is 0 Å². The van der Waals surface area contributed by atoms with E-state index in [-0.39, 0.29) is 43.0 Å². The van der Waals surface area contributed by atoms with Gasteiger partial charge in [0.2, 0.25) is 27.7 Å². The molecule has 1 saturated carbocycles. The van der Waals surface area contributed by atoms with E-state index in [4.69, 9.17) is 10.1 Å². The minimum atomic E-state index is -3.67. The first-order chi connectivity index (χ1) is 22.5. The molecule has 2 aliphatic heterocycles. The van der Waals surface area contributed by atoms with Crippen LogP contribution in [0.25, 0.3) is 0 Å². The fourth-order valence-electron chi connectivity index (χ4n) is 6.64. The highest BCUT2D eigenvalue weighted by Crippen LogP contribution is 2.24. The van der Waals surface area contributed by atoms with Gasteiger partial charge in [-0.25, -0.2) is 13.1 Å². The second-order valence-corrected chi connectivity index (χ2v) is 14.9. The van der Waals surface area contributed by atoms with Gasteiger partial charge < -0.3 is 19.9 Å². The first-order valence-corrected chi connectivity index (χ1v) is 18.8. The fourth-order valence-corrected chi connectivity index (χ4v) is 7.34. The summed E-state index contributed by atoms with van der Waals surface area (Å²) in [5.41, 5.74) is 0.811. The van der Waals surface area contributed by atoms with E-state index in [0.29, 0.717) is 64.4 Å². The molecule has 0 spiro atoms. The van der Waals surface area contributed by atoms with Crippen LogP contribution < -0.4 is 15.4 Å². The van der Waals surface area contributed by atoms with Gasteiger partial charge in [-0.2, -0.15) is 0 Å². The summed E-state index contributed by atoms with van der Waals surface area (Å²) in [5, 5.41) is 13.9. The van der Waals surface area contributed by atoms with Gasteiger partial charge in [0.25, 0.3) is 0 Å². The summed E-state index contributed by atoms with van der Waals surface area (Å²) in [6, 6.07) is 7.47. The molecule has 0 aromatic heterocycles. The van der Waals surface area contributed by atoms with Crippen molar-refractivity contribution < 1.29 is 32.3 Å². The molecule has 0 radical (unpaired) electrons. The Hall–Kier alpha value is -3.52. The Morgan fingerprint density at radius 1 is 0.915 bits per heavy atom. The summed E-state index contributed by atoms with van der Waals surface area (Å²) in [6.45, 7) is 2.29. The Kier molecular flexibility index (Phi) is 13.6. The lowest BCUT2D eigenvalue weighted by Gasteiger charge is -2.34. The Balaban J connectivity index is 1.16. The third-order valence-corrected chi connectivity index (χ3v) is 10.0. The van der Waals surface area contributed by atoms with Crippen LogP contribution in [0.15, 0.2) is 30.3 Å². The molecule has 4 rings (SSSR count). The highest BCUT2D eigenvalue weighted by molar-refractivity contribution is 7.88. The number of piperidine rings is 1. The third-order valence-electron chi connectivity index (χ3n) is 9.29. The number of hydrogen-bond acceptors (Lipinski definition) is 8. The van der Waals surface area contributed by atoms with Crippen molar-refractivity contribution in [3.63, 3.8) is 0 Å². The van der Waals surface area contributed by atoms with E-state index < -0.39 is 33.9 Å². The first-order valence-electron chi connectivity index (χ1n) is 16.9. The van der Waals surface area contributed by atoms with E-state index in [9.17, 15) is 27.6 Å². The van der Waals surface area contributed by atoms with Crippen molar-refractivity contribution in [1.82, 2.24) is 25.2 Å². The van der Waals surface area contributed by atoms with Crippen LogP contribution in [0, 0.1) is 17.2 Å². The molecular formula is C33H50N6O7S. The summed E-state index contributed by atoms with van der Waals surface area (Å²) in [4.78, 5) is 54.4. The van der Waals surface area contributed by atoms with Crippen molar-refractivity contribution in [2.75, 3.05) is 39.0 Å². The lowest BCUT2D eigenvalue weighted by Crippen LogP contribution is -2.54. The van der Waals surface area contributed by atoms with Gasteiger partial charge in [0.1, 0.15) is 12.1 Å². The van der Waals surface area contributed by atoms with Crippen LogP contribution in [-0.2, 0) is 40.4 Å². The molecule has 0 bridgehead atoms. The largest absolute Gasteiger partial charge is 0.465 e. The molecule has 1 aliphatic carbocycles. The molecule has 3 aliphatic rings. The molecule has 2 atom stereocenters. The van der Waals surface area contributed by atoms with E-state index >= 15 is 0 Å². The Labute approximate surface area is 278 Å². The summed E-state index contributed by atoms with van der Waals surface area (Å²) in [7, 11) is -3.67. The van der Waals surface area contributed by atoms with Gasteiger partial charge in [-0.15, -0.1) is 0 Å². The van der Waals surface area contributed by atoms with Crippen LogP contribution in [0.1, 0.15) is 76.2 Å². The maximum Gasteiger partial charge on any atom is 0.306 e. The molecule has 14 heteroatoms. The molecule has 0 unspecified atom stereocenters. The maximum absolute atomic E-state index is 13.5. The lowest BCUT2D eigenvalue weighted by molar-refractivity contribution is -0.146. The van der Waals surface area contributed by atoms with Crippen molar-refractivity contribution in [1.29, 1.82) is 5.41 Å². The predicted octanol–water partition coefficient (Wildman–Crippen LogP) is 1.92. The number of benzene rings is 1. The molecule has 3 fully saturated rings. The number of rotatable bonds is 13. The Bertz CT molecular complexity index is 1340. The van der Waals surface area contributed by atoms with E-state index in [1.807, 2.05) is 30.3 Å². The molecule has 2 saturated heterocycles. The van der Waals surface area contributed by atoms with Crippen LogP contribution in [0.2, 0.25) is 0 Å². The molecule has 2 heterocycles. The van der Waals surface area contributed by atoms with Gasteiger partial charge in [-0.3, -0.25) is 29.9 Å².